The van der Waals surface area contributed by atoms with Gasteiger partial charge in [-0.25, -0.2) is 4.98 Å². The predicted octanol–water partition coefficient (Wildman–Crippen LogP) is 3.21. The highest BCUT2D eigenvalue weighted by Crippen LogP contribution is 2.27. The molecule has 0 unspecified atom stereocenters. The zero-order valence-corrected chi connectivity index (χ0v) is 8.92. The molecule has 0 aliphatic carbocycles. The lowest BCUT2D eigenvalue weighted by Gasteiger charge is -2.16. The van der Waals surface area contributed by atoms with Gasteiger partial charge in [-0.3, -0.25) is 0 Å². The number of aromatic nitrogens is 1. The van der Waals surface area contributed by atoms with E-state index in [0.717, 1.165) is 36.2 Å². The second-order valence-corrected chi connectivity index (χ2v) is 4.18. The summed E-state index contributed by atoms with van der Waals surface area (Å²) in [4.78, 5) is 4.47. The van der Waals surface area contributed by atoms with Gasteiger partial charge in [0.1, 0.15) is 0 Å². The molecule has 1 aromatic heterocycles. The first-order valence-corrected chi connectivity index (χ1v) is 5.43. The minimum absolute atomic E-state index is 0.714. The quantitative estimate of drug-likeness (QED) is 0.679. The first kappa shape index (κ1) is 8.98. The SMILES string of the molecule is Clc1ccc2cc3c(nc2c1)OCCC3. The van der Waals surface area contributed by atoms with Gasteiger partial charge in [0.25, 0.3) is 0 Å². The van der Waals surface area contributed by atoms with Gasteiger partial charge in [0, 0.05) is 16.0 Å². The van der Waals surface area contributed by atoms with Gasteiger partial charge in [-0.2, -0.15) is 0 Å². The van der Waals surface area contributed by atoms with Gasteiger partial charge in [0.15, 0.2) is 0 Å². The highest BCUT2D eigenvalue weighted by Gasteiger charge is 2.12. The first-order valence-electron chi connectivity index (χ1n) is 5.05. The van der Waals surface area contributed by atoms with Gasteiger partial charge < -0.3 is 4.74 Å². The van der Waals surface area contributed by atoms with Crippen LogP contribution in [0.4, 0.5) is 0 Å². The van der Waals surface area contributed by atoms with E-state index in [9.17, 15) is 0 Å². The van der Waals surface area contributed by atoms with Crippen LogP contribution in [0, 0.1) is 0 Å². The monoisotopic (exact) mass is 219 g/mol. The van der Waals surface area contributed by atoms with Crippen molar-refractivity contribution in [2.24, 2.45) is 0 Å². The van der Waals surface area contributed by atoms with E-state index in [4.69, 9.17) is 16.3 Å². The molecule has 0 N–H and O–H groups in total. The number of hydrogen-bond donors (Lipinski definition) is 0. The molecule has 1 aliphatic heterocycles. The van der Waals surface area contributed by atoms with Crippen molar-refractivity contribution in [2.75, 3.05) is 6.61 Å². The summed E-state index contributed by atoms with van der Waals surface area (Å²) < 4.78 is 5.52. The molecule has 0 amide bonds. The summed E-state index contributed by atoms with van der Waals surface area (Å²) in [7, 11) is 0. The van der Waals surface area contributed by atoms with E-state index in [1.807, 2.05) is 18.2 Å². The number of pyridine rings is 1. The maximum absolute atomic E-state index is 5.92. The third-order valence-electron chi connectivity index (χ3n) is 2.65. The highest BCUT2D eigenvalue weighted by atomic mass is 35.5. The molecule has 2 nitrogen and oxygen atoms in total. The van der Waals surface area contributed by atoms with E-state index >= 15 is 0 Å². The molecule has 0 saturated carbocycles. The third-order valence-corrected chi connectivity index (χ3v) is 2.88. The van der Waals surface area contributed by atoms with Crippen molar-refractivity contribution in [1.29, 1.82) is 0 Å². The summed E-state index contributed by atoms with van der Waals surface area (Å²) in [6.45, 7) is 0.770. The molecular weight excluding hydrogens is 210 g/mol. The lowest BCUT2D eigenvalue weighted by molar-refractivity contribution is 0.277. The summed E-state index contributed by atoms with van der Waals surface area (Å²) in [6.07, 6.45) is 2.13. The van der Waals surface area contributed by atoms with Crippen molar-refractivity contribution in [3.63, 3.8) is 0 Å². The Morgan fingerprint density at radius 1 is 1.27 bits per heavy atom. The molecule has 76 valence electrons. The maximum atomic E-state index is 5.92. The van der Waals surface area contributed by atoms with Crippen molar-refractivity contribution in [1.82, 2.24) is 4.98 Å². The Kier molecular flexibility index (Phi) is 2.03. The Labute approximate surface area is 92.8 Å². The lowest BCUT2D eigenvalue weighted by atomic mass is 10.1. The summed E-state index contributed by atoms with van der Waals surface area (Å²) in [5, 5.41) is 1.84. The predicted molar refractivity (Wildman–Crippen MR) is 60.6 cm³/mol. The second kappa shape index (κ2) is 3.38. The zero-order chi connectivity index (χ0) is 10.3. The molecule has 0 bridgehead atoms. The minimum atomic E-state index is 0.714. The van der Waals surface area contributed by atoms with Gasteiger partial charge in [-0.05, 0) is 31.0 Å². The first-order chi connectivity index (χ1) is 7.33. The highest BCUT2D eigenvalue weighted by molar-refractivity contribution is 6.31. The Hall–Kier alpha value is -1.28. The molecule has 0 radical (unpaired) electrons. The van der Waals surface area contributed by atoms with Crippen molar-refractivity contribution in [2.45, 2.75) is 12.8 Å². The van der Waals surface area contributed by atoms with Crippen molar-refractivity contribution >= 4 is 22.5 Å². The largest absolute Gasteiger partial charge is 0.477 e. The standard InChI is InChI=1S/C12H10ClNO/c13-10-4-3-8-6-9-2-1-5-15-12(9)14-11(8)7-10/h3-4,6-7H,1-2,5H2. The van der Waals surface area contributed by atoms with Gasteiger partial charge >= 0.3 is 0 Å². The number of benzene rings is 1. The van der Waals surface area contributed by atoms with Gasteiger partial charge in [-0.15, -0.1) is 0 Å². The zero-order valence-electron chi connectivity index (χ0n) is 8.16. The van der Waals surface area contributed by atoms with E-state index in [-0.39, 0.29) is 0 Å². The molecule has 1 aliphatic rings. The van der Waals surface area contributed by atoms with E-state index < -0.39 is 0 Å². The normalized spacial score (nSPS) is 14.7. The topological polar surface area (TPSA) is 22.1 Å². The van der Waals surface area contributed by atoms with Crippen molar-refractivity contribution in [3.8, 4) is 5.88 Å². The number of fused-ring (bicyclic) bond motifs is 2. The molecule has 0 atom stereocenters. The Morgan fingerprint density at radius 2 is 2.20 bits per heavy atom. The van der Waals surface area contributed by atoms with Crippen molar-refractivity contribution < 1.29 is 4.74 Å². The summed E-state index contributed by atoms with van der Waals surface area (Å²) in [5.41, 5.74) is 2.11. The average molecular weight is 220 g/mol. The number of ether oxygens (including phenoxy) is 1. The van der Waals surface area contributed by atoms with Crippen LogP contribution in [0.25, 0.3) is 10.9 Å². The van der Waals surface area contributed by atoms with E-state index in [1.165, 1.54) is 5.56 Å². The van der Waals surface area contributed by atoms with Crippen LogP contribution in [-0.4, -0.2) is 11.6 Å². The number of aryl methyl sites for hydroxylation is 1. The van der Waals surface area contributed by atoms with Gasteiger partial charge in [-0.1, -0.05) is 17.7 Å². The van der Waals surface area contributed by atoms with E-state index in [2.05, 4.69) is 11.1 Å². The minimum Gasteiger partial charge on any atom is -0.477 e. The van der Waals surface area contributed by atoms with Crippen LogP contribution in [0.1, 0.15) is 12.0 Å². The number of nitrogens with zero attached hydrogens (tertiary/aromatic N) is 1. The summed E-state index contributed by atoms with van der Waals surface area (Å²) >= 11 is 5.92. The Morgan fingerprint density at radius 3 is 3.13 bits per heavy atom. The van der Waals surface area contributed by atoms with Crippen molar-refractivity contribution in [3.05, 3.63) is 34.9 Å². The lowest BCUT2D eigenvalue weighted by Crippen LogP contribution is -2.09. The molecular formula is C12H10ClNO. The maximum Gasteiger partial charge on any atom is 0.217 e. The Bertz CT molecular complexity index is 524. The number of rotatable bonds is 0. The van der Waals surface area contributed by atoms with Crippen LogP contribution in [-0.2, 0) is 6.42 Å². The molecule has 1 aromatic carbocycles. The number of hydrogen-bond acceptors (Lipinski definition) is 2. The van der Waals surface area contributed by atoms with Crippen LogP contribution in [0.5, 0.6) is 5.88 Å². The Balaban J connectivity index is 2.26. The fourth-order valence-corrected chi connectivity index (χ4v) is 2.07. The van der Waals surface area contributed by atoms with Crippen LogP contribution in [0.3, 0.4) is 0 Å². The van der Waals surface area contributed by atoms with Crippen LogP contribution in [0.2, 0.25) is 5.02 Å². The molecule has 0 spiro atoms. The molecule has 3 rings (SSSR count). The molecule has 3 heteroatoms. The average Bonchev–Trinajstić information content (AvgIpc) is 2.26. The van der Waals surface area contributed by atoms with Crippen LogP contribution in [0.15, 0.2) is 24.3 Å². The van der Waals surface area contributed by atoms with Crippen LogP contribution >= 0.6 is 11.6 Å². The molecule has 2 aromatic rings. The van der Waals surface area contributed by atoms with Crippen LogP contribution < -0.4 is 4.74 Å². The fraction of sp³-hybridized carbons (Fsp3) is 0.250. The second-order valence-electron chi connectivity index (χ2n) is 3.74. The smallest absolute Gasteiger partial charge is 0.217 e. The van der Waals surface area contributed by atoms with Gasteiger partial charge in [0.2, 0.25) is 5.88 Å². The molecule has 0 saturated heterocycles. The molecule has 0 fully saturated rings. The molecule has 2 heterocycles. The summed E-state index contributed by atoms with van der Waals surface area (Å²) in [5.74, 6) is 0.774. The van der Waals surface area contributed by atoms with E-state index in [0.29, 0.717) is 5.02 Å². The van der Waals surface area contributed by atoms with Gasteiger partial charge in [0.05, 0.1) is 12.1 Å². The number of halogens is 1. The molecule has 15 heavy (non-hydrogen) atoms. The third kappa shape index (κ3) is 1.55. The van der Waals surface area contributed by atoms with E-state index in [1.54, 1.807) is 0 Å². The fourth-order valence-electron chi connectivity index (χ4n) is 1.90. The summed E-state index contributed by atoms with van der Waals surface area (Å²) in [6, 6.07) is 7.91.